The highest BCUT2D eigenvalue weighted by molar-refractivity contribution is 5.80. The summed E-state index contributed by atoms with van der Waals surface area (Å²) in [6.45, 7) is 0.516. The Morgan fingerprint density at radius 1 is 1.41 bits per heavy atom. The number of carbonyl (C=O) groups is 1. The number of nitrogens with zero attached hydrogens (tertiary/aromatic N) is 1. The molecule has 1 aromatic rings. The lowest BCUT2D eigenvalue weighted by Crippen LogP contribution is -2.43. The molecule has 1 amide bonds. The van der Waals surface area contributed by atoms with Crippen molar-refractivity contribution in [1.82, 2.24) is 4.90 Å². The fourth-order valence-corrected chi connectivity index (χ4v) is 2.41. The van der Waals surface area contributed by atoms with Crippen LogP contribution in [-0.2, 0) is 4.79 Å². The third-order valence-corrected chi connectivity index (χ3v) is 3.45. The normalized spacial score (nSPS) is 25.1. The summed E-state index contributed by atoms with van der Waals surface area (Å²) in [6, 6.07) is 6.18. The standard InChI is InChI=1S/C13H16FNO2/c1-15-7-6-11(12(8-16)13(15)17)9-2-4-10(14)5-3-9/h2-5,11-12,16H,6-8H2,1H3/t11?,12-/m0/s1. The zero-order valence-corrected chi connectivity index (χ0v) is 9.77. The molecule has 4 heteroatoms. The highest BCUT2D eigenvalue weighted by Crippen LogP contribution is 2.33. The molecule has 92 valence electrons. The zero-order valence-electron chi connectivity index (χ0n) is 9.77. The van der Waals surface area contributed by atoms with Gasteiger partial charge in [0.15, 0.2) is 0 Å². The minimum atomic E-state index is -0.404. The minimum Gasteiger partial charge on any atom is -0.396 e. The summed E-state index contributed by atoms with van der Waals surface area (Å²) < 4.78 is 12.8. The highest BCUT2D eigenvalue weighted by atomic mass is 19.1. The molecule has 1 aliphatic heterocycles. The molecule has 1 unspecified atom stereocenters. The molecule has 0 saturated carbocycles. The topological polar surface area (TPSA) is 40.5 Å². The van der Waals surface area contributed by atoms with Gasteiger partial charge in [-0.15, -0.1) is 0 Å². The van der Waals surface area contributed by atoms with Crippen molar-refractivity contribution in [2.45, 2.75) is 12.3 Å². The van der Waals surface area contributed by atoms with Gasteiger partial charge in [0.2, 0.25) is 5.91 Å². The van der Waals surface area contributed by atoms with E-state index in [9.17, 15) is 14.3 Å². The van der Waals surface area contributed by atoms with E-state index >= 15 is 0 Å². The van der Waals surface area contributed by atoms with Gasteiger partial charge in [0, 0.05) is 13.6 Å². The summed E-state index contributed by atoms with van der Waals surface area (Å²) in [5.41, 5.74) is 0.923. The van der Waals surface area contributed by atoms with Gasteiger partial charge in [0.05, 0.1) is 12.5 Å². The number of aliphatic hydroxyl groups is 1. The highest BCUT2D eigenvalue weighted by Gasteiger charge is 2.35. The molecular weight excluding hydrogens is 221 g/mol. The van der Waals surface area contributed by atoms with Crippen LogP contribution in [0.3, 0.4) is 0 Å². The van der Waals surface area contributed by atoms with Crippen molar-refractivity contribution < 1.29 is 14.3 Å². The molecule has 2 atom stereocenters. The molecule has 1 aliphatic rings. The maximum atomic E-state index is 12.8. The monoisotopic (exact) mass is 237 g/mol. The Morgan fingerprint density at radius 2 is 2.06 bits per heavy atom. The van der Waals surface area contributed by atoms with E-state index in [-0.39, 0.29) is 24.2 Å². The van der Waals surface area contributed by atoms with Gasteiger partial charge in [0.1, 0.15) is 5.82 Å². The number of rotatable bonds is 2. The second kappa shape index (κ2) is 4.84. The number of hydrogen-bond donors (Lipinski definition) is 1. The molecule has 1 saturated heterocycles. The molecule has 17 heavy (non-hydrogen) atoms. The predicted octanol–water partition coefficient (Wildman–Crippen LogP) is 1.38. The van der Waals surface area contributed by atoms with Crippen LogP contribution in [0.1, 0.15) is 17.9 Å². The van der Waals surface area contributed by atoms with E-state index in [1.807, 2.05) is 0 Å². The Hall–Kier alpha value is -1.42. The van der Waals surface area contributed by atoms with Gasteiger partial charge < -0.3 is 10.0 Å². The number of carbonyl (C=O) groups excluding carboxylic acids is 1. The van der Waals surface area contributed by atoms with Crippen LogP contribution < -0.4 is 0 Å². The Kier molecular flexibility index (Phi) is 3.43. The smallest absolute Gasteiger partial charge is 0.228 e. The van der Waals surface area contributed by atoms with Gasteiger partial charge in [-0.05, 0) is 30.0 Å². The lowest BCUT2D eigenvalue weighted by molar-refractivity contribution is -0.139. The van der Waals surface area contributed by atoms with E-state index in [1.54, 1.807) is 24.1 Å². The van der Waals surface area contributed by atoms with Crippen LogP contribution in [0, 0.1) is 11.7 Å². The van der Waals surface area contributed by atoms with Crippen molar-refractivity contribution in [3.05, 3.63) is 35.6 Å². The van der Waals surface area contributed by atoms with Gasteiger partial charge in [-0.2, -0.15) is 0 Å². The van der Waals surface area contributed by atoms with Crippen molar-refractivity contribution >= 4 is 5.91 Å². The summed E-state index contributed by atoms with van der Waals surface area (Å²) in [4.78, 5) is 13.5. The zero-order chi connectivity index (χ0) is 12.4. The van der Waals surface area contributed by atoms with Gasteiger partial charge in [-0.25, -0.2) is 4.39 Å². The van der Waals surface area contributed by atoms with Crippen LogP contribution in [0.25, 0.3) is 0 Å². The third kappa shape index (κ3) is 2.31. The maximum absolute atomic E-state index is 12.8. The Morgan fingerprint density at radius 3 is 2.65 bits per heavy atom. The number of hydrogen-bond acceptors (Lipinski definition) is 2. The molecule has 1 N–H and O–H groups in total. The molecule has 1 fully saturated rings. The van der Waals surface area contributed by atoms with Crippen molar-refractivity contribution in [2.24, 2.45) is 5.92 Å². The van der Waals surface area contributed by atoms with Gasteiger partial charge in [-0.3, -0.25) is 4.79 Å². The minimum absolute atomic E-state index is 0.00991. The second-order valence-electron chi connectivity index (χ2n) is 4.50. The molecule has 0 aliphatic carbocycles. The van der Waals surface area contributed by atoms with Crippen LogP contribution >= 0.6 is 0 Å². The molecule has 3 nitrogen and oxygen atoms in total. The van der Waals surface area contributed by atoms with Crippen molar-refractivity contribution in [2.75, 3.05) is 20.2 Å². The van der Waals surface area contributed by atoms with Crippen LogP contribution in [0.5, 0.6) is 0 Å². The van der Waals surface area contributed by atoms with Gasteiger partial charge in [0.25, 0.3) is 0 Å². The van der Waals surface area contributed by atoms with E-state index in [2.05, 4.69) is 0 Å². The quantitative estimate of drug-likeness (QED) is 0.844. The number of aliphatic hydroxyl groups excluding tert-OH is 1. The third-order valence-electron chi connectivity index (χ3n) is 3.45. The first-order valence-electron chi connectivity index (χ1n) is 5.74. The largest absolute Gasteiger partial charge is 0.396 e. The summed E-state index contributed by atoms with van der Waals surface area (Å²) in [5, 5.41) is 9.34. The first kappa shape index (κ1) is 12.0. The number of amides is 1. The van der Waals surface area contributed by atoms with Crippen LogP contribution in [0.2, 0.25) is 0 Å². The molecule has 1 aromatic carbocycles. The lowest BCUT2D eigenvalue weighted by Gasteiger charge is -2.35. The fraction of sp³-hybridized carbons (Fsp3) is 0.462. The summed E-state index contributed by atoms with van der Waals surface area (Å²) in [7, 11) is 1.74. The molecule has 0 radical (unpaired) electrons. The number of halogens is 1. The molecule has 0 spiro atoms. The Balaban J connectivity index is 2.25. The fourth-order valence-electron chi connectivity index (χ4n) is 2.41. The average Bonchev–Trinajstić information content (AvgIpc) is 2.34. The van der Waals surface area contributed by atoms with E-state index in [0.29, 0.717) is 6.54 Å². The SMILES string of the molecule is CN1CCC(c2ccc(F)cc2)[C@H](CO)C1=O. The number of likely N-dealkylation sites (tertiary alicyclic amines) is 1. The number of benzene rings is 1. The van der Waals surface area contributed by atoms with Crippen LogP contribution in [-0.4, -0.2) is 36.1 Å². The molecule has 0 aromatic heterocycles. The first-order valence-corrected chi connectivity index (χ1v) is 5.74. The first-order chi connectivity index (χ1) is 8.13. The molecular formula is C13H16FNO2. The number of piperidine rings is 1. The van der Waals surface area contributed by atoms with Crippen LogP contribution in [0.15, 0.2) is 24.3 Å². The van der Waals surface area contributed by atoms with Crippen molar-refractivity contribution in [1.29, 1.82) is 0 Å². The Labute approximate surface area is 99.9 Å². The second-order valence-corrected chi connectivity index (χ2v) is 4.50. The van der Waals surface area contributed by atoms with Crippen molar-refractivity contribution in [3.63, 3.8) is 0 Å². The van der Waals surface area contributed by atoms with Gasteiger partial charge in [-0.1, -0.05) is 12.1 Å². The summed E-state index contributed by atoms with van der Waals surface area (Å²) >= 11 is 0. The molecule has 0 bridgehead atoms. The van der Waals surface area contributed by atoms with E-state index in [4.69, 9.17) is 0 Å². The molecule has 1 heterocycles. The lowest BCUT2D eigenvalue weighted by atomic mass is 9.80. The Bertz CT molecular complexity index is 404. The van der Waals surface area contributed by atoms with E-state index < -0.39 is 5.92 Å². The summed E-state index contributed by atoms with van der Waals surface area (Å²) in [6.07, 6.45) is 0.805. The molecule has 2 rings (SSSR count). The summed E-state index contributed by atoms with van der Waals surface area (Å²) in [5.74, 6) is -0.731. The van der Waals surface area contributed by atoms with Crippen molar-refractivity contribution in [3.8, 4) is 0 Å². The van der Waals surface area contributed by atoms with E-state index in [1.165, 1.54) is 12.1 Å². The van der Waals surface area contributed by atoms with Crippen LogP contribution in [0.4, 0.5) is 4.39 Å². The average molecular weight is 237 g/mol. The van der Waals surface area contributed by atoms with E-state index in [0.717, 1.165) is 12.0 Å². The maximum Gasteiger partial charge on any atom is 0.228 e. The van der Waals surface area contributed by atoms with Gasteiger partial charge >= 0.3 is 0 Å². The predicted molar refractivity (Wildman–Crippen MR) is 62.0 cm³/mol.